The van der Waals surface area contributed by atoms with E-state index in [4.69, 9.17) is 9.47 Å². The van der Waals surface area contributed by atoms with Gasteiger partial charge in [0, 0.05) is 11.7 Å². The predicted molar refractivity (Wildman–Crippen MR) is 131 cm³/mol. The summed E-state index contributed by atoms with van der Waals surface area (Å²) in [7, 11) is 0. The molecule has 3 amide bonds. The molecule has 0 aliphatic rings. The van der Waals surface area contributed by atoms with Crippen molar-refractivity contribution in [2.24, 2.45) is 5.10 Å². The number of carbonyl (C=O) groups excluding carboxylic acids is 3. The first-order chi connectivity index (χ1) is 16.4. The molecule has 0 aliphatic carbocycles. The van der Waals surface area contributed by atoms with Gasteiger partial charge in [0.25, 0.3) is 5.91 Å². The zero-order chi connectivity index (χ0) is 24.9. The molecule has 0 aliphatic heterocycles. The fraction of sp³-hybridized carbons (Fsp3) is 0.360. The summed E-state index contributed by atoms with van der Waals surface area (Å²) in [6.07, 6.45) is 2.90. The average molecular weight is 469 g/mol. The second kappa shape index (κ2) is 13.6. The number of ether oxygens (including phenoxy) is 2. The van der Waals surface area contributed by atoms with Gasteiger partial charge in [-0.3, -0.25) is 14.4 Å². The first-order valence-corrected chi connectivity index (χ1v) is 11.3. The minimum absolute atomic E-state index is 0.105. The summed E-state index contributed by atoms with van der Waals surface area (Å²) in [5, 5.41) is 9.24. The van der Waals surface area contributed by atoms with Gasteiger partial charge in [-0.15, -0.1) is 0 Å². The van der Waals surface area contributed by atoms with Crippen LogP contribution in [0.3, 0.4) is 0 Å². The van der Waals surface area contributed by atoms with Gasteiger partial charge in [-0.05, 0) is 62.1 Å². The van der Waals surface area contributed by atoms with Crippen LogP contribution in [0.5, 0.6) is 11.5 Å². The molecule has 0 heterocycles. The predicted octanol–water partition coefficient (Wildman–Crippen LogP) is 3.03. The smallest absolute Gasteiger partial charge is 0.329 e. The Morgan fingerprint density at radius 1 is 1.00 bits per heavy atom. The van der Waals surface area contributed by atoms with Crippen molar-refractivity contribution in [2.75, 3.05) is 18.5 Å². The van der Waals surface area contributed by atoms with Gasteiger partial charge in [0.2, 0.25) is 0 Å². The lowest BCUT2D eigenvalue weighted by Gasteiger charge is -2.13. The van der Waals surface area contributed by atoms with Gasteiger partial charge in [0.05, 0.1) is 12.8 Å². The summed E-state index contributed by atoms with van der Waals surface area (Å²) in [6.45, 7) is 7.76. The molecule has 0 radical (unpaired) electrons. The topological polar surface area (TPSA) is 118 Å². The minimum Gasteiger partial charge on any atom is -0.490 e. The Morgan fingerprint density at radius 3 is 2.47 bits per heavy atom. The highest BCUT2D eigenvalue weighted by Crippen LogP contribution is 2.28. The molecule has 0 saturated heterocycles. The lowest BCUT2D eigenvalue weighted by Crippen LogP contribution is -2.41. The number of aryl methyl sites for hydroxylation is 1. The molecular weight excluding hydrogens is 436 g/mol. The first kappa shape index (κ1) is 26.4. The van der Waals surface area contributed by atoms with Crippen molar-refractivity contribution in [3.05, 3.63) is 53.6 Å². The van der Waals surface area contributed by atoms with Gasteiger partial charge in [-0.2, -0.15) is 5.10 Å². The monoisotopic (exact) mass is 468 g/mol. The van der Waals surface area contributed by atoms with Gasteiger partial charge in [-0.1, -0.05) is 32.0 Å². The van der Waals surface area contributed by atoms with Crippen molar-refractivity contribution in [1.82, 2.24) is 10.7 Å². The average Bonchev–Trinajstić information content (AvgIpc) is 2.83. The Hall–Kier alpha value is -3.88. The summed E-state index contributed by atoms with van der Waals surface area (Å²) in [5.74, 6) is -1.06. The van der Waals surface area contributed by atoms with Crippen molar-refractivity contribution in [3.63, 3.8) is 0 Å². The van der Waals surface area contributed by atoms with Crippen molar-refractivity contribution in [2.45, 2.75) is 46.6 Å². The highest BCUT2D eigenvalue weighted by molar-refractivity contribution is 6.35. The van der Waals surface area contributed by atoms with Crippen molar-refractivity contribution in [1.29, 1.82) is 0 Å². The Morgan fingerprint density at radius 2 is 1.76 bits per heavy atom. The molecule has 0 saturated carbocycles. The maximum atomic E-state index is 12.4. The quantitative estimate of drug-likeness (QED) is 0.266. The van der Waals surface area contributed by atoms with Gasteiger partial charge >= 0.3 is 11.8 Å². The molecule has 2 aromatic rings. The molecule has 9 heteroatoms. The number of anilines is 1. The molecule has 3 N–H and O–H groups in total. The molecule has 1 atom stereocenters. The van der Waals surface area contributed by atoms with E-state index < -0.39 is 11.8 Å². The summed E-state index contributed by atoms with van der Waals surface area (Å²) in [5.41, 5.74) is 4.60. The molecule has 0 fully saturated rings. The Kier molecular flexibility index (Phi) is 10.6. The number of para-hydroxylation sites is 1. The fourth-order valence-corrected chi connectivity index (χ4v) is 2.88. The number of amides is 3. The molecular formula is C25H32N4O5. The van der Waals surface area contributed by atoms with Crippen molar-refractivity contribution in [3.8, 4) is 11.5 Å². The SMILES string of the molecule is CCOc1cc(/C=N\NC(=O)C(=O)N[C@@H](C)CC)ccc1OCC(=O)Nc1ccccc1CC. The lowest BCUT2D eigenvalue weighted by molar-refractivity contribution is -0.139. The molecule has 0 aromatic heterocycles. The van der Waals surface area contributed by atoms with E-state index in [1.54, 1.807) is 25.1 Å². The standard InChI is InChI=1S/C25H32N4O5/c1-5-17(4)27-24(31)25(32)29-26-15-18-12-13-21(22(14-18)33-7-3)34-16-23(30)28-20-11-9-8-10-19(20)6-2/h8-15,17H,5-7,16H2,1-4H3,(H,27,31)(H,28,30)(H,29,32)/b26-15-/t17-/m0/s1. The molecule has 0 bridgehead atoms. The summed E-state index contributed by atoms with van der Waals surface area (Å²) >= 11 is 0. The zero-order valence-corrected chi connectivity index (χ0v) is 20.0. The molecule has 182 valence electrons. The van der Waals surface area contributed by atoms with Crippen LogP contribution >= 0.6 is 0 Å². The fourth-order valence-electron chi connectivity index (χ4n) is 2.88. The van der Waals surface area contributed by atoms with Crippen molar-refractivity contribution < 1.29 is 23.9 Å². The number of hydrazone groups is 1. The molecule has 2 rings (SSSR count). The maximum Gasteiger partial charge on any atom is 0.329 e. The van der Waals surface area contributed by atoms with E-state index >= 15 is 0 Å². The Labute approximate surface area is 199 Å². The molecule has 0 spiro atoms. The van der Waals surface area contributed by atoms with E-state index in [0.717, 1.165) is 17.7 Å². The first-order valence-electron chi connectivity index (χ1n) is 11.3. The van der Waals surface area contributed by atoms with Crippen LogP contribution in [-0.4, -0.2) is 43.2 Å². The molecule has 2 aromatic carbocycles. The second-order valence-electron chi connectivity index (χ2n) is 7.47. The number of carbonyl (C=O) groups is 3. The van der Waals surface area contributed by atoms with Crippen LogP contribution < -0.4 is 25.5 Å². The van der Waals surface area contributed by atoms with Crippen LogP contribution in [-0.2, 0) is 20.8 Å². The number of nitrogens with one attached hydrogen (secondary N) is 3. The third-order valence-electron chi connectivity index (χ3n) is 4.87. The molecule has 34 heavy (non-hydrogen) atoms. The molecule has 0 unspecified atom stereocenters. The highest BCUT2D eigenvalue weighted by Gasteiger charge is 2.14. The third-order valence-corrected chi connectivity index (χ3v) is 4.87. The van der Waals surface area contributed by atoms with Gasteiger partial charge in [-0.25, -0.2) is 5.43 Å². The third kappa shape index (κ3) is 8.23. The Bertz CT molecular complexity index is 1020. The van der Waals surface area contributed by atoms with E-state index in [-0.39, 0.29) is 18.6 Å². The van der Waals surface area contributed by atoms with Crippen LogP contribution in [0.25, 0.3) is 0 Å². The number of hydrogen-bond acceptors (Lipinski definition) is 6. The van der Waals surface area contributed by atoms with Crippen LogP contribution in [0.15, 0.2) is 47.6 Å². The second-order valence-corrected chi connectivity index (χ2v) is 7.47. The van der Waals surface area contributed by atoms with E-state index in [9.17, 15) is 14.4 Å². The number of hydrogen-bond donors (Lipinski definition) is 3. The van der Waals surface area contributed by atoms with Crippen LogP contribution in [0.4, 0.5) is 5.69 Å². The summed E-state index contributed by atoms with van der Waals surface area (Å²) in [4.78, 5) is 35.9. The number of benzene rings is 2. The van der Waals surface area contributed by atoms with Crippen LogP contribution in [0, 0.1) is 0 Å². The Balaban J connectivity index is 1.97. The van der Waals surface area contributed by atoms with E-state index in [1.165, 1.54) is 6.21 Å². The van der Waals surface area contributed by atoms with Crippen LogP contribution in [0.2, 0.25) is 0 Å². The van der Waals surface area contributed by atoms with Crippen molar-refractivity contribution >= 4 is 29.6 Å². The van der Waals surface area contributed by atoms with E-state index in [1.807, 2.05) is 45.0 Å². The largest absolute Gasteiger partial charge is 0.490 e. The highest BCUT2D eigenvalue weighted by atomic mass is 16.5. The van der Waals surface area contributed by atoms with Crippen LogP contribution in [0.1, 0.15) is 45.2 Å². The van der Waals surface area contributed by atoms with E-state index in [2.05, 4.69) is 21.2 Å². The van der Waals surface area contributed by atoms with Gasteiger partial charge in [0.15, 0.2) is 18.1 Å². The number of rotatable bonds is 11. The normalized spacial score (nSPS) is 11.5. The minimum atomic E-state index is -0.850. The number of nitrogens with zero attached hydrogens (tertiary/aromatic N) is 1. The lowest BCUT2D eigenvalue weighted by atomic mass is 10.1. The van der Waals surface area contributed by atoms with Gasteiger partial charge < -0.3 is 20.1 Å². The van der Waals surface area contributed by atoms with Gasteiger partial charge in [0.1, 0.15) is 0 Å². The van der Waals surface area contributed by atoms with E-state index in [0.29, 0.717) is 30.1 Å². The summed E-state index contributed by atoms with van der Waals surface area (Å²) in [6, 6.07) is 12.5. The maximum absolute atomic E-state index is 12.4. The summed E-state index contributed by atoms with van der Waals surface area (Å²) < 4.78 is 11.3. The zero-order valence-electron chi connectivity index (χ0n) is 20.0. The molecule has 9 nitrogen and oxygen atoms in total.